The molecule has 0 bridgehead atoms. The van der Waals surface area contributed by atoms with Crippen LogP contribution < -0.4 is 10.6 Å². The fourth-order valence-corrected chi connectivity index (χ4v) is 3.48. The van der Waals surface area contributed by atoms with Gasteiger partial charge < -0.3 is 10.6 Å². The van der Waals surface area contributed by atoms with Gasteiger partial charge in [-0.2, -0.15) is 10.2 Å². The first kappa shape index (κ1) is 21.0. The van der Waals surface area contributed by atoms with Crippen molar-refractivity contribution in [3.05, 3.63) is 33.9 Å². The molecule has 2 aromatic rings. The Morgan fingerprint density at radius 3 is 2.04 bits per heavy atom. The van der Waals surface area contributed by atoms with Gasteiger partial charge in [-0.05, 0) is 65.5 Å². The summed E-state index contributed by atoms with van der Waals surface area (Å²) in [6.07, 6.45) is 1.83. The van der Waals surface area contributed by atoms with Gasteiger partial charge in [0.2, 0.25) is 0 Å². The van der Waals surface area contributed by atoms with E-state index >= 15 is 0 Å². The topological polar surface area (TPSA) is 72.1 Å². The lowest BCUT2D eigenvalue weighted by Gasteiger charge is -2.18. The van der Waals surface area contributed by atoms with Gasteiger partial charge in [-0.3, -0.25) is 14.4 Å². The van der Waals surface area contributed by atoms with Gasteiger partial charge in [-0.25, -0.2) is 0 Å². The second kappa shape index (κ2) is 9.06. The Hall–Kier alpha value is -2.31. The molecule has 2 rings (SSSR count). The lowest BCUT2D eigenvalue weighted by atomic mass is 10.1. The molecule has 1 atom stereocenters. The van der Waals surface area contributed by atoms with Gasteiger partial charge in [0.1, 0.15) is 0 Å². The van der Waals surface area contributed by atoms with E-state index in [0.717, 1.165) is 43.3 Å². The molecule has 0 aliphatic rings. The Morgan fingerprint density at radius 2 is 1.56 bits per heavy atom. The number of rotatable bonds is 7. The molecule has 0 aliphatic carbocycles. The maximum atomic E-state index is 4.77. The third-order valence-electron chi connectivity index (χ3n) is 5.19. The molecule has 0 saturated carbocycles. The first-order chi connectivity index (χ1) is 12.7. The average Bonchev–Trinajstić information content (AvgIpc) is 2.98. The van der Waals surface area contributed by atoms with E-state index in [1.165, 1.54) is 22.5 Å². The van der Waals surface area contributed by atoms with Gasteiger partial charge in [0, 0.05) is 44.6 Å². The van der Waals surface area contributed by atoms with Crippen LogP contribution in [0.2, 0.25) is 0 Å². The van der Waals surface area contributed by atoms with Gasteiger partial charge in [-0.15, -0.1) is 0 Å². The van der Waals surface area contributed by atoms with E-state index in [1.54, 1.807) is 0 Å². The zero-order valence-corrected chi connectivity index (χ0v) is 18.1. The lowest BCUT2D eigenvalue weighted by Crippen LogP contribution is -2.43. The van der Waals surface area contributed by atoms with E-state index in [4.69, 9.17) is 4.99 Å². The van der Waals surface area contributed by atoms with Crippen LogP contribution in [0, 0.1) is 27.7 Å². The summed E-state index contributed by atoms with van der Waals surface area (Å²) >= 11 is 0. The second-order valence-electron chi connectivity index (χ2n) is 7.31. The van der Waals surface area contributed by atoms with Gasteiger partial charge in [0.25, 0.3) is 0 Å². The number of hydrogen-bond donors (Lipinski definition) is 2. The molecule has 2 N–H and O–H groups in total. The van der Waals surface area contributed by atoms with Crippen LogP contribution in [-0.4, -0.2) is 44.7 Å². The largest absolute Gasteiger partial charge is 0.357 e. The van der Waals surface area contributed by atoms with Gasteiger partial charge in [-0.1, -0.05) is 0 Å². The van der Waals surface area contributed by atoms with Crippen LogP contribution in [0.25, 0.3) is 0 Å². The van der Waals surface area contributed by atoms with Crippen LogP contribution in [-0.2, 0) is 26.9 Å². The molecular formula is C20H35N7. The minimum atomic E-state index is 0.270. The first-order valence-electron chi connectivity index (χ1n) is 9.77. The highest BCUT2D eigenvalue weighted by Gasteiger charge is 2.14. The SMILES string of the molecule is CCNC(=NCCc1c(C)nn(C)c1C)NC(C)Cc1c(C)nn(C)c1C. The van der Waals surface area contributed by atoms with E-state index in [0.29, 0.717) is 0 Å². The van der Waals surface area contributed by atoms with Crippen molar-refractivity contribution in [2.75, 3.05) is 13.1 Å². The van der Waals surface area contributed by atoms with Gasteiger partial charge >= 0.3 is 0 Å². The summed E-state index contributed by atoms with van der Waals surface area (Å²) in [5, 5.41) is 15.9. The minimum Gasteiger partial charge on any atom is -0.357 e. The van der Waals surface area contributed by atoms with Crippen molar-refractivity contribution in [2.24, 2.45) is 19.1 Å². The molecule has 0 aromatic carbocycles. The second-order valence-corrected chi connectivity index (χ2v) is 7.31. The minimum absolute atomic E-state index is 0.270. The monoisotopic (exact) mass is 373 g/mol. The van der Waals surface area contributed by atoms with E-state index in [2.05, 4.69) is 62.4 Å². The Labute approximate surface area is 163 Å². The van der Waals surface area contributed by atoms with Crippen LogP contribution in [0.15, 0.2) is 4.99 Å². The van der Waals surface area contributed by atoms with Crippen molar-refractivity contribution in [1.82, 2.24) is 30.2 Å². The molecule has 0 radical (unpaired) electrons. The highest BCUT2D eigenvalue weighted by molar-refractivity contribution is 5.80. The van der Waals surface area contributed by atoms with Crippen molar-refractivity contribution in [3.63, 3.8) is 0 Å². The number of nitrogens with one attached hydrogen (secondary N) is 2. The number of hydrogen-bond acceptors (Lipinski definition) is 3. The molecule has 2 heterocycles. The van der Waals surface area contributed by atoms with Crippen LogP contribution in [0.4, 0.5) is 0 Å². The third kappa shape index (κ3) is 5.11. The Kier molecular flexibility index (Phi) is 7.05. The molecule has 7 heteroatoms. The summed E-state index contributed by atoms with van der Waals surface area (Å²) in [6.45, 7) is 14.2. The molecule has 7 nitrogen and oxygen atoms in total. The fourth-order valence-electron chi connectivity index (χ4n) is 3.48. The molecular weight excluding hydrogens is 338 g/mol. The van der Waals surface area contributed by atoms with E-state index in [1.807, 2.05) is 23.5 Å². The normalized spacial score (nSPS) is 13.1. The Morgan fingerprint density at radius 1 is 1.00 bits per heavy atom. The summed E-state index contributed by atoms with van der Waals surface area (Å²) in [5.41, 5.74) is 7.26. The first-order valence-corrected chi connectivity index (χ1v) is 9.77. The number of aliphatic imine (C=N–C) groups is 1. The molecule has 0 amide bonds. The van der Waals surface area contributed by atoms with Crippen molar-refractivity contribution in [1.29, 1.82) is 0 Å². The predicted octanol–water partition coefficient (Wildman–Crippen LogP) is 2.12. The van der Waals surface area contributed by atoms with Crippen LogP contribution >= 0.6 is 0 Å². The molecule has 2 aromatic heterocycles. The van der Waals surface area contributed by atoms with Gasteiger partial charge in [0.05, 0.1) is 11.4 Å². The standard InChI is InChI=1S/C20H35N7/c1-9-21-20(22-11-10-18-14(3)24-26(7)16(18)5)23-13(2)12-19-15(4)25-27(8)17(19)6/h13H,9-12H2,1-8H3,(H2,21,22,23). The number of nitrogens with zero attached hydrogens (tertiary/aromatic N) is 5. The molecule has 0 spiro atoms. The fraction of sp³-hybridized carbons (Fsp3) is 0.650. The van der Waals surface area contributed by atoms with Crippen molar-refractivity contribution >= 4 is 5.96 Å². The number of aryl methyl sites for hydroxylation is 4. The van der Waals surface area contributed by atoms with Crippen molar-refractivity contribution in [2.45, 2.75) is 60.4 Å². The van der Waals surface area contributed by atoms with E-state index < -0.39 is 0 Å². The summed E-state index contributed by atoms with van der Waals surface area (Å²) in [5.74, 6) is 0.864. The Bertz CT molecular complexity index is 798. The van der Waals surface area contributed by atoms with E-state index in [-0.39, 0.29) is 6.04 Å². The number of aromatic nitrogens is 4. The summed E-state index contributed by atoms with van der Waals surface area (Å²) in [6, 6.07) is 0.270. The molecule has 0 saturated heterocycles. The maximum Gasteiger partial charge on any atom is 0.191 e. The predicted molar refractivity (Wildman–Crippen MR) is 111 cm³/mol. The quantitative estimate of drug-likeness (QED) is 0.576. The van der Waals surface area contributed by atoms with Crippen LogP contribution in [0.3, 0.4) is 0 Å². The smallest absolute Gasteiger partial charge is 0.191 e. The zero-order valence-electron chi connectivity index (χ0n) is 18.1. The maximum absolute atomic E-state index is 4.77. The van der Waals surface area contributed by atoms with Crippen LogP contribution in [0.5, 0.6) is 0 Å². The molecule has 150 valence electrons. The highest BCUT2D eigenvalue weighted by Crippen LogP contribution is 2.14. The lowest BCUT2D eigenvalue weighted by molar-refractivity contribution is 0.635. The average molecular weight is 374 g/mol. The van der Waals surface area contributed by atoms with Crippen LogP contribution in [0.1, 0.15) is 47.8 Å². The number of guanidine groups is 1. The molecule has 0 aliphatic heterocycles. The molecule has 1 unspecified atom stereocenters. The summed E-state index contributed by atoms with van der Waals surface area (Å²) in [4.78, 5) is 4.77. The van der Waals surface area contributed by atoms with Crippen molar-refractivity contribution in [3.8, 4) is 0 Å². The third-order valence-corrected chi connectivity index (χ3v) is 5.19. The van der Waals surface area contributed by atoms with Gasteiger partial charge in [0.15, 0.2) is 5.96 Å². The summed E-state index contributed by atoms with van der Waals surface area (Å²) in [7, 11) is 3.99. The van der Waals surface area contributed by atoms with E-state index in [9.17, 15) is 0 Å². The zero-order chi connectivity index (χ0) is 20.1. The summed E-state index contributed by atoms with van der Waals surface area (Å²) < 4.78 is 3.90. The highest BCUT2D eigenvalue weighted by atomic mass is 15.3. The molecule has 0 fully saturated rings. The molecule has 27 heavy (non-hydrogen) atoms. The Balaban J connectivity index is 2.00. The van der Waals surface area contributed by atoms with Crippen molar-refractivity contribution < 1.29 is 0 Å².